The largest absolute Gasteiger partial charge is 0.342 e. The number of amides is 2. The molecule has 9 heteroatoms. The van der Waals surface area contributed by atoms with Gasteiger partial charge in [0.25, 0.3) is 5.91 Å². The monoisotopic (exact) mass is 358 g/mol. The zero-order valence-electron chi connectivity index (χ0n) is 13.3. The first-order chi connectivity index (χ1) is 11.2. The SMILES string of the molecule is C[NH+](CC(=O)NCC(=O)Nc1ccc(F)cc1)[C@H]1CCS(=O)(=O)C1. The minimum absolute atomic E-state index is 0.0891. The van der Waals surface area contributed by atoms with Gasteiger partial charge in [-0.15, -0.1) is 0 Å². The first kappa shape index (κ1) is 18.3. The lowest BCUT2D eigenvalue weighted by Crippen LogP contribution is -3.14. The molecule has 1 heterocycles. The van der Waals surface area contributed by atoms with Gasteiger partial charge in [-0.1, -0.05) is 0 Å². The van der Waals surface area contributed by atoms with Crippen molar-refractivity contribution in [3.05, 3.63) is 30.1 Å². The summed E-state index contributed by atoms with van der Waals surface area (Å²) in [5, 5.41) is 5.03. The second-order valence-electron chi connectivity index (χ2n) is 5.95. The molecule has 0 spiro atoms. The summed E-state index contributed by atoms with van der Waals surface area (Å²) in [6.07, 6.45) is 0.548. The Balaban J connectivity index is 1.72. The van der Waals surface area contributed by atoms with Gasteiger partial charge in [0.2, 0.25) is 5.91 Å². The van der Waals surface area contributed by atoms with Crippen molar-refractivity contribution in [3.8, 4) is 0 Å². The Kier molecular flexibility index (Phi) is 5.89. The van der Waals surface area contributed by atoms with Crippen LogP contribution in [-0.4, -0.2) is 57.9 Å². The van der Waals surface area contributed by atoms with Crippen molar-refractivity contribution in [2.24, 2.45) is 0 Å². The molecule has 2 amide bonds. The number of quaternary nitrogens is 1. The molecule has 0 aromatic heterocycles. The highest BCUT2D eigenvalue weighted by atomic mass is 32.2. The molecule has 1 aromatic rings. The van der Waals surface area contributed by atoms with Crippen molar-refractivity contribution in [1.29, 1.82) is 0 Å². The summed E-state index contributed by atoms with van der Waals surface area (Å²) in [6.45, 7) is -0.101. The van der Waals surface area contributed by atoms with E-state index in [1.807, 2.05) is 0 Å². The van der Waals surface area contributed by atoms with Crippen LogP contribution in [0.5, 0.6) is 0 Å². The lowest BCUT2D eigenvalue weighted by Gasteiger charge is -2.19. The molecule has 1 saturated heterocycles. The molecule has 2 rings (SSSR count). The maximum Gasteiger partial charge on any atom is 0.275 e. The zero-order valence-corrected chi connectivity index (χ0v) is 14.2. The van der Waals surface area contributed by atoms with Crippen molar-refractivity contribution in [2.75, 3.05) is 37.0 Å². The number of hydrogen-bond donors (Lipinski definition) is 3. The minimum Gasteiger partial charge on any atom is -0.342 e. The number of nitrogens with one attached hydrogen (secondary N) is 3. The van der Waals surface area contributed by atoms with Gasteiger partial charge in [0.05, 0.1) is 19.3 Å². The first-order valence-corrected chi connectivity index (χ1v) is 9.42. The van der Waals surface area contributed by atoms with Crippen LogP contribution in [0.25, 0.3) is 0 Å². The number of sulfone groups is 1. The average molecular weight is 358 g/mol. The van der Waals surface area contributed by atoms with Gasteiger partial charge in [-0.25, -0.2) is 12.8 Å². The number of anilines is 1. The molecule has 7 nitrogen and oxygen atoms in total. The van der Waals surface area contributed by atoms with E-state index in [0.29, 0.717) is 12.1 Å². The van der Waals surface area contributed by atoms with Crippen LogP contribution in [0, 0.1) is 5.82 Å². The molecule has 1 aliphatic rings. The Bertz CT molecular complexity index is 706. The van der Waals surface area contributed by atoms with Gasteiger partial charge in [-0.05, 0) is 24.3 Å². The maximum atomic E-state index is 12.8. The van der Waals surface area contributed by atoms with Crippen LogP contribution < -0.4 is 15.5 Å². The Labute approximate surface area is 140 Å². The minimum atomic E-state index is -2.98. The molecule has 3 N–H and O–H groups in total. The molecular formula is C15H21FN3O4S+. The molecule has 0 radical (unpaired) electrons. The Morgan fingerprint density at radius 2 is 1.92 bits per heavy atom. The van der Waals surface area contributed by atoms with Crippen molar-refractivity contribution in [1.82, 2.24) is 5.32 Å². The molecule has 2 atom stereocenters. The van der Waals surface area contributed by atoms with E-state index in [1.165, 1.54) is 24.3 Å². The topological polar surface area (TPSA) is 96.8 Å². The van der Waals surface area contributed by atoms with Gasteiger partial charge in [0.15, 0.2) is 16.4 Å². The Morgan fingerprint density at radius 1 is 1.25 bits per heavy atom. The highest BCUT2D eigenvalue weighted by Gasteiger charge is 2.34. The fourth-order valence-corrected chi connectivity index (χ4v) is 4.44. The molecule has 1 fully saturated rings. The Hall–Kier alpha value is -2.00. The number of carbonyl (C=O) groups excluding carboxylic acids is 2. The molecule has 1 aliphatic heterocycles. The van der Waals surface area contributed by atoms with E-state index in [0.717, 1.165) is 4.90 Å². The van der Waals surface area contributed by atoms with E-state index in [1.54, 1.807) is 7.05 Å². The summed E-state index contributed by atoms with van der Waals surface area (Å²) in [6, 6.07) is 5.21. The number of hydrogen-bond acceptors (Lipinski definition) is 4. The van der Waals surface area contributed by atoms with Crippen LogP contribution in [0.15, 0.2) is 24.3 Å². The average Bonchev–Trinajstić information content (AvgIpc) is 2.88. The van der Waals surface area contributed by atoms with E-state index in [9.17, 15) is 22.4 Å². The highest BCUT2D eigenvalue weighted by molar-refractivity contribution is 7.91. The van der Waals surface area contributed by atoms with Gasteiger partial charge in [0, 0.05) is 12.1 Å². The van der Waals surface area contributed by atoms with Gasteiger partial charge in [0.1, 0.15) is 17.6 Å². The summed E-state index contributed by atoms with van der Waals surface area (Å²) in [4.78, 5) is 24.4. The number of likely N-dealkylation sites (N-methyl/N-ethyl adjacent to an activating group) is 1. The van der Waals surface area contributed by atoms with E-state index in [-0.39, 0.29) is 36.5 Å². The standard InChI is InChI=1S/C15H20FN3O4S/c1-19(13-6-7-24(22,23)10-13)9-15(21)17-8-14(20)18-12-4-2-11(16)3-5-12/h2-5,13H,6-10H2,1H3,(H,17,21)(H,18,20)/p+1/t13-/m0/s1. The van der Waals surface area contributed by atoms with Crippen LogP contribution in [0.2, 0.25) is 0 Å². The number of rotatable bonds is 6. The summed E-state index contributed by atoms with van der Waals surface area (Å²) < 4.78 is 35.7. The summed E-state index contributed by atoms with van der Waals surface area (Å²) in [7, 11) is -1.22. The zero-order chi connectivity index (χ0) is 17.7. The predicted molar refractivity (Wildman–Crippen MR) is 86.9 cm³/mol. The molecule has 1 aromatic carbocycles. The van der Waals surface area contributed by atoms with Gasteiger partial charge in [-0.2, -0.15) is 0 Å². The molecular weight excluding hydrogens is 337 g/mol. The van der Waals surface area contributed by atoms with Crippen LogP contribution in [0.3, 0.4) is 0 Å². The number of halogens is 1. The van der Waals surface area contributed by atoms with Crippen LogP contribution >= 0.6 is 0 Å². The smallest absolute Gasteiger partial charge is 0.275 e. The third-order valence-corrected chi connectivity index (χ3v) is 5.71. The van der Waals surface area contributed by atoms with Crippen molar-refractivity contribution >= 4 is 27.3 Å². The van der Waals surface area contributed by atoms with Crippen molar-refractivity contribution < 1.29 is 27.3 Å². The summed E-state index contributed by atoms with van der Waals surface area (Å²) >= 11 is 0. The van der Waals surface area contributed by atoms with Crippen LogP contribution in [-0.2, 0) is 19.4 Å². The Morgan fingerprint density at radius 3 is 2.50 bits per heavy atom. The van der Waals surface area contributed by atoms with E-state index in [4.69, 9.17) is 0 Å². The van der Waals surface area contributed by atoms with Gasteiger partial charge < -0.3 is 15.5 Å². The van der Waals surface area contributed by atoms with Crippen LogP contribution in [0.4, 0.5) is 10.1 Å². The van der Waals surface area contributed by atoms with E-state index < -0.39 is 21.6 Å². The second kappa shape index (κ2) is 7.71. The quantitative estimate of drug-likeness (QED) is 0.582. The van der Waals surface area contributed by atoms with Crippen molar-refractivity contribution in [3.63, 3.8) is 0 Å². The fourth-order valence-electron chi connectivity index (χ4n) is 2.56. The number of benzene rings is 1. The highest BCUT2D eigenvalue weighted by Crippen LogP contribution is 2.08. The molecule has 0 saturated carbocycles. The normalized spacial score (nSPS) is 20.3. The molecule has 0 bridgehead atoms. The summed E-state index contributed by atoms with van der Waals surface area (Å²) in [5.74, 6) is -0.892. The third kappa shape index (κ3) is 5.57. The molecule has 24 heavy (non-hydrogen) atoms. The molecule has 1 unspecified atom stereocenters. The molecule has 132 valence electrons. The maximum absolute atomic E-state index is 12.8. The second-order valence-corrected chi connectivity index (χ2v) is 8.18. The van der Waals surface area contributed by atoms with Gasteiger partial charge in [-0.3, -0.25) is 9.59 Å². The third-order valence-electron chi connectivity index (χ3n) is 3.94. The lowest BCUT2D eigenvalue weighted by atomic mass is 10.2. The first-order valence-electron chi connectivity index (χ1n) is 7.60. The van der Waals surface area contributed by atoms with E-state index in [2.05, 4.69) is 10.6 Å². The van der Waals surface area contributed by atoms with Crippen molar-refractivity contribution in [2.45, 2.75) is 12.5 Å². The molecule has 0 aliphatic carbocycles. The predicted octanol–water partition coefficient (Wildman–Crippen LogP) is -1.42. The fraction of sp³-hybridized carbons (Fsp3) is 0.467. The van der Waals surface area contributed by atoms with E-state index >= 15 is 0 Å². The lowest BCUT2D eigenvalue weighted by molar-refractivity contribution is -0.894. The van der Waals surface area contributed by atoms with Gasteiger partial charge >= 0.3 is 0 Å². The summed E-state index contributed by atoms with van der Waals surface area (Å²) in [5.41, 5.74) is 0.439. The van der Waals surface area contributed by atoms with Crippen LogP contribution in [0.1, 0.15) is 6.42 Å². The number of carbonyl (C=O) groups is 2.